The molecule has 1 aromatic carbocycles. The molecule has 0 aliphatic carbocycles. The standard InChI is InChI=1S/C20H23F2N9O/c21-13-3-4-15(14(22)12-13)30-9-7-29(8-10-30)6-5-20(16-2-1-11-32-16)27-19-26-17(23)25-18(24)31(19)28-20/h1-4,11-12,28H,5-10H2,(H4,23,24,25,26,27). The van der Waals surface area contributed by atoms with Gasteiger partial charge in [0.15, 0.2) is 11.4 Å². The zero-order valence-corrected chi connectivity index (χ0v) is 17.2. The van der Waals surface area contributed by atoms with Crippen LogP contribution in [0.2, 0.25) is 0 Å². The van der Waals surface area contributed by atoms with Crippen LogP contribution in [0.15, 0.2) is 41.0 Å². The summed E-state index contributed by atoms with van der Waals surface area (Å²) in [6.45, 7) is 3.41. The van der Waals surface area contributed by atoms with Crippen LogP contribution in [-0.4, -0.2) is 52.3 Å². The minimum absolute atomic E-state index is 0.00921. The summed E-state index contributed by atoms with van der Waals surface area (Å²) in [5, 5.41) is 11.4. The average molecular weight is 443 g/mol. The van der Waals surface area contributed by atoms with Crippen LogP contribution < -0.4 is 27.0 Å². The van der Waals surface area contributed by atoms with Crippen molar-refractivity contribution in [3.8, 4) is 0 Å². The summed E-state index contributed by atoms with van der Waals surface area (Å²) in [4.78, 5) is 12.3. The van der Waals surface area contributed by atoms with Crippen molar-refractivity contribution >= 4 is 17.6 Å². The third-order valence-corrected chi connectivity index (χ3v) is 5.86. The lowest BCUT2D eigenvalue weighted by molar-refractivity contribution is 0.229. The van der Waals surface area contributed by atoms with Gasteiger partial charge in [-0.3, -0.25) is 15.7 Å². The molecule has 0 radical (unpaired) electrons. The number of nitrogens with zero attached hydrogens (tertiary/aromatic N) is 5. The molecule has 1 atom stereocenters. The topological polar surface area (TPSA) is 124 Å². The van der Waals surface area contributed by atoms with E-state index in [0.29, 0.717) is 43.5 Å². The maximum absolute atomic E-state index is 14.1. The number of fused-ring (bicyclic) bond motifs is 1. The maximum atomic E-state index is 14.1. The number of halogens is 2. The van der Waals surface area contributed by atoms with Crippen LogP contribution in [0.3, 0.4) is 0 Å². The van der Waals surface area contributed by atoms with Gasteiger partial charge < -0.3 is 20.4 Å². The zero-order valence-electron chi connectivity index (χ0n) is 17.2. The van der Waals surface area contributed by atoms with E-state index in [1.165, 1.54) is 16.8 Å². The molecule has 0 saturated carbocycles. The fraction of sp³-hybridized carbons (Fsp3) is 0.350. The van der Waals surface area contributed by atoms with Gasteiger partial charge in [0.2, 0.25) is 17.5 Å². The van der Waals surface area contributed by atoms with Crippen LogP contribution >= 0.6 is 0 Å². The number of hydrogen-bond donors (Lipinski definition) is 4. The molecule has 10 nitrogen and oxygen atoms in total. The summed E-state index contributed by atoms with van der Waals surface area (Å²) in [6, 6.07) is 7.32. The molecule has 1 saturated heterocycles. The van der Waals surface area contributed by atoms with Gasteiger partial charge in [-0.2, -0.15) is 14.6 Å². The van der Waals surface area contributed by atoms with E-state index in [2.05, 4.69) is 25.6 Å². The Balaban J connectivity index is 1.28. The molecule has 4 heterocycles. The minimum Gasteiger partial charge on any atom is -0.465 e. The van der Waals surface area contributed by atoms with Crippen LogP contribution in [0.25, 0.3) is 0 Å². The molecule has 1 fully saturated rings. The van der Waals surface area contributed by atoms with Gasteiger partial charge in [0.05, 0.1) is 12.0 Å². The van der Waals surface area contributed by atoms with Crippen LogP contribution in [0.5, 0.6) is 0 Å². The van der Waals surface area contributed by atoms with E-state index in [1.54, 1.807) is 12.3 Å². The fourth-order valence-electron chi connectivity index (χ4n) is 4.20. The summed E-state index contributed by atoms with van der Waals surface area (Å²) in [5.41, 5.74) is 8.49. The number of benzene rings is 1. The molecule has 32 heavy (non-hydrogen) atoms. The number of rotatable bonds is 5. The van der Waals surface area contributed by atoms with Crippen molar-refractivity contribution in [2.75, 3.05) is 54.1 Å². The number of nitrogen functional groups attached to an aromatic ring is 1. The van der Waals surface area contributed by atoms with Crippen LogP contribution in [0, 0.1) is 17.0 Å². The monoisotopic (exact) mass is 443 g/mol. The largest absolute Gasteiger partial charge is 0.465 e. The first kappa shape index (κ1) is 20.2. The smallest absolute Gasteiger partial charge is 0.247 e. The van der Waals surface area contributed by atoms with Crippen molar-refractivity contribution in [2.24, 2.45) is 0 Å². The second kappa shape index (κ2) is 7.79. The highest BCUT2D eigenvalue weighted by Crippen LogP contribution is 2.33. The Labute approximate surface area is 182 Å². The first-order valence-electron chi connectivity index (χ1n) is 10.3. The first-order valence-corrected chi connectivity index (χ1v) is 10.3. The van der Waals surface area contributed by atoms with Crippen molar-refractivity contribution in [2.45, 2.75) is 12.1 Å². The van der Waals surface area contributed by atoms with Gasteiger partial charge >= 0.3 is 0 Å². The van der Waals surface area contributed by atoms with E-state index in [0.717, 1.165) is 19.2 Å². The van der Waals surface area contributed by atoms with E-state index in [-0.39, 0.29) is 11.6 Å². The summed E-state index contributed by atoms with van der Waals surface area (Å²) < 4.78 is 34.5. The Morgan fingerprint density at radius 3 is 2.69 bits per heavy atom. The van der Waals surface area contributed by atoms with Crippen LogP contribution in [0.1, 0.15) is 12.2 Å². The van der Waals surface area contributed by atoms with Gasteiger partial charge in [0, 0.05) is 45.2 Å². The Kier molecular flexibility index (Phi) is 4.93. The highest BCUT2D eigenvalue weighted by Gasteiger charge is 2.42. The Bertz CT molecular complexity index is 1170. The summed E-state index contributed by atoms with van der Waals surface area (Å²) in [5.74, 6) is -0.0831. The molecule has 5 rings (SSSR count). The molecule has 1 unspecified atom stereocenters. The molecule has 2 aliphatic heterocycles. The van der Waals surface area contributed by atoms with E-state index < -0.39 is 17.3 Å². The molecule has 2 aliphatic rings. The van der Waals surface area contributed by atoms with Gasteiger partial charge in [0.25, 0.3) is 0 Å². The average Bonchev–Trinajstić information content (AvgIpc) is 3.42. The molecular formula is C20H23F2N9O. The first-order chi connectivity index (χ1) is 15.4. The number of furan rings is 1. The lowest BCUT2D eigenvalue weighted by atomic mass is 10.0. The van der Waals surface area contributed by atoms with Gasteiger partial charge in [-0.05, 0) is 24.3 Å². The minimum atomic E-state index is -0.824. The summed E-state index contributed by atoms with van der Waals surface area (Å²) in [6.07, 6.45) is 2.18. The van der Waals surface area contributed by atoms with Crippen molar-refractivity contribution in [1.82, 2.24) is 19.5 Å². The zero-order chi connectivity index (χ0) is 22.3. The van der Waals surface area contributed by atoms with Gasteiger partial charge in [0.1, 0.15) is 11.6 Å². The molecular weight excluding hydrogens is 420 g/mol. The predicted molar refractivity (Wildman–Crippen MR) is 113 cm³/mol. The molecule has 2 aromatic heterocycles. The number of hydrogen-bond acceptors (Lipinski definition) is 9. The highest BCUT2D eigenvalue weighted by atomic mass is 19.1. The Morgan fingerprint density at radius 2 is 1.97 bits per heavy atom. The molecule has 0 spiro atoms. The van der Waals surface area contributed by atoms with Crippen LogP contribution in [0.4, 0.5) is 26.4 Å². The SMILES string of the molecule is N=c1nc(N)nc2n1NC(CCN1CCN(c3ccc(F)cc3F)CC1)(c1ccco1)N2. The van der Waals surface area contributed by atoms with Gasteiger partial charge in [-0.1, -0.05) is 0 Å². The number of nitrogens with two attached hydrogens (primary N) is 1. The lowest BCUT2D eigenvalue weighted by Crippen LogP contribution is -2.50. The number of aromatic nitrogens is 3. The fourth-order valence-corrected chi connectivity index (χ4v) is 4.20. The van der Waals surface area contributed by atoms with Gasteiger partial charge in [-0.25, -0.2) is 8.78 Å². The van der Waals surface area contributed by atoms with Crippen LogP contribution in [-0.2, 0) is 5.66 Å². The quantitative estimate of drug-likeness (QED) is 0.465. The third-order valence-electron chi connectivity index (χ3n) is 5.86. The van der Waals surface area contributed by atoms with Crippen molar-refractivity contribution in [3.63, 3.8) is 0 Å². The second-order valence-corrected chi connectivity index (χ2v) is 7.86. The van der Waals surface area contributed by atoms with Crippen molar-refractivity contribution in [1.29, 1.82) is 5.41 Å². The second-order valence-electron chi connectivity index (χ2n) is 7.86. The van der Waals surface area contributed by atoms with Crippen molar-refractivity contribution < 1.29 is 13.2 Å². The molecule has 0 bridgehead atoms. The predicted octanol–water partition coefficient (Wildman–Crippen LogP) is 1.25. The molecule has 0 amide bonds. The molecule has 168 valence electrons. The number of piperazine rings is 1. The number of nitrogens with one attached hydrogen (secondary N) is 3. The molecule has 12 heteroatoms. The van der Waals surface area contributed by atoms with E-state index in [9.17, 15) is 8.78 Å². The lowest BCUT2D eigenvalue weighted by Gasteiger charge is -2.37. The Morgan fingerprint density at radius 1 is 1.16 bits per heavy atom. The number of anilines is 3. The van der Waals surface area contributed by atoms with E-state index in [1.807, 2.05) is 11.0 Å². The van der Waals surface area contributed by atoms with E-state index >= 15 is 0 Å². The maximum Gasteiger partial charge on any atom is 0.247 e. The molecule has 5 N–H and O–H groups in total. The van der Waals surface area contributed by atoms with Gasteiger partial charge in [-0.15, -0.1) is 0 Å². The van der Waals surface area contributed by atoms with Crippen molar-refractivity contribution in [3.05, 3.63) is 59.6 Å². The normalized spacial score (nSPS) is 20.6. The third kappa shape index (κ3) is 3.62. The Hall–Kier alpha value is -3.67. The summed E-state index contributed by atoms with van der Waals surface area (Å²) >= 11 is 0. The van der Waals surface area contributed by atoms with E-state index in [4.69, 9.17) is 15.6 Å². The summed E-state index contributed by atoms with van der Waals surface area (Å²) in [7, 11) is 0. The highest BCUT2D eigenvalue weighted by molar-refractivity contribution is 5.48. The molecule has 3 aromatic rings.